The van der Waals surface area contributed by atoms with E-state index in [-0.39, 0.29) is 0 Å². The molecule has 3 aromatic rings. The topological polar surface area (TPSA) is 26.3 Å². The Balaban J connectivity index is 2.35. The zero-order chi connectivity index (χ0) is 13.9. The van der Waals surface area contributed by atoms with Crippen molar-refractivity contribution in [2.45, 2.75) is 0 Å². The summed E-state index contributed by atoms with van der Waals surface area (Å²) < 4.78 is 5.41. The second kappa shape index (κ2) is 5.17. The first kappa shape index (κ1) is 12.4. The molecule has 0 aliphatic rings. The molecule has 0 fully saturated rings. The van der Waals surface area contributed by atoms with Gasteiger partial charge in [0.2, 0.25) is 0 Å². The van der Waals surface area contributed by atoms with Gasteiger partial charge in [-0.15, -0.1) is 0 Å². The molecular formula is C18H14O2. The summed E-state index contributed by atoms with van der Waals surface area (Å²) in [5.41, 5.74) is 2.69. The maximum atomic E-state index is 11.2. The molecule has 0 heterocycles. The number of fused-ring (bicyclic) bond motifs is 1. The molecule has 2 heteroatoms. The summed E-state index contributed by atoms with van der Waals surface area (Å²) in [5.74, 6) is 0.841. The van der Waals surface area contributed by atoms with Crippen LogP contribution in [0.5, 0.6) is 5.75 Å². The summed E-state index contributed by atoms with van der Waals surface area (Å²) in [6.07, 6.45) is 0.897. The maximum absolute atomic E-state index is 11.2. The molecule has 0 radical (unpaired) electrons. The van der Waals surface area contributed by atoms with Gasteiger partial charge in [0.1, 0.15) is 5.75 Å². The number of benzene rings is 3. The molecule has 0 unspecified atom stereocenters. The van der Waals surface area contributed by atoms with Gasteiger partial charge >= 0.3 is 0 Å². The van der Waals surface area contributed by atoms with E-state index in [1.54, 1.807) is 7.11 Å². The van der Waals surface area contributed by atoms with Gasteiger partial charge in [0.25, 0.3) is 0 Å². The largest absolute Gasteiger partial charge is 0.496 e. The smallest absolute Gasteiger partial charge is 0.150 e. The van der Waals surface area contributed by atoms with Crippen LogP contribution in [0.1, 0.15) is 10.4 Å². The Bertz CT molecular complexity index is 775. The molecule has 20 heavy (non-hydrogen) atoms. The Morgan fingerprint density at radius 2 is 1.50 bits per heavy atom. The third kappa shape index (κ3) is 1.95. The predicted octanol–water partition coefficient (Wildman–Crippen LogP) is 4.33. The van der Waals surface area contributed by atoms with Crippen LogP contribution in [-0.2, 0) is 0 Å². The van der Waals surface area contributed by atoms with Crippen molar-refractivity contribution in [1.82, 2.24) is 0 Å². The van der Waals surface area contributed by atoms with Gasteiger partial charge in [0.15, 0.2) is 6.29 Å². The summed E-state index contributed by atoms with van der Waals surface area (Å²) in [6, 6.07) is 19.6. The van der Waals surface area contributed by atoms with E-state index in [4.69, 9.17) is 4.74 Å². The van der Waals surface area contributed by atoms with Gasteiger partial charge < -0.3 is 4.74 Å². The average molecular weight is 262 g/mol. The minimum atomic E-state index is 0.697. The Kier molecular flexibility index (Phi) is 3.21. The highest BCUT2D eigenvalue weighted by molar-refractivity contribution is 6.03. The number of aldehydes is 1. The molecule has 0 saturated heterocycles. The first-order valence-electron chi connectivity index (χ1n) is 6.45. The minimum absolute atomic E-state index is 0.697. The van der Waals surface area contributed by atoms with Crippen LogP contribution in [0, 0.1) is 0 Å². The summed E-state index contributed by atoms with van der Waals surface area (Å²) >= 11 is 0. The number of carbonyl (C=O) groups is 1. The fourth-order valence-corrected chi connectivity index (χ4v) is 2.53. The summed E-state index contributed by atoms with van der Waals surface area (Å²) in [7, 11) is 1.67. The maximum Gasteiger partial charge on any atom is 0.150 e. The SMILES string of the molecule is COc1ccc(-c2ccccc2C=O)c2ccccc12. The molecule has 3 rings (SSSR count). The van der Waals surface area contributed by atoms with Gasteiger partial charge in [-0.2, -0.15) is 0 Å². The van der Waals surface area contributed by atoms with Gasteiger partial charge in [-0.1, -0.05) is 54.6 Å². The Labute approximate surface area is 117 Å². The van der Waals surface area contributed by atoms with E-state index in [0.717, 1.165) is 33.9 Å². The number of hydrogen-bond acceptors (Lipinski definition) is 2. The van der Waals surface area contributed by atoms with E-state index in [1.807, 2.05) is 54.6 Å². The van der Waals surface area contributed by atoms with Crippen LogP contribution in [0.2, 0.25) is 0 Å². The van der Waals surface area contributed by atoms with E-state index in [1.165, 1.54) is 0 Å². The Hall–Kier alpha value is -2.61. The molecule has 0 bridgehead atoms. The van der Waals surface area contributed by atoms with Crippen LogP contribution in [0.15, 0.2) is 60.7 Å². The number of hydrogen-bond donors (Lipinski definition) is 0. The number of carbonyl (C=O) groups excluding carboxylic acids is 1. The Morgan fingerprint density at radius 1 is 0.800 bits per heavy atom. The van der Waals surface area contributed by atoms with Crippen LogP contribution >= 0.6 is 0 Å². The summed E-state index contributed by atoms with van der Waals surface area (Å²) in [6.45, 7) is 0. The highest BCUT2D eigenvalue weighted by Gasteiger charge is 2.10. The summed E-state index contributed by atoms with van der Waals surface area (Å²) in [5, 5.41) is 2.13. The standard InChI is InChI=1S/C18H14O2/c1-20-18-11-10-16(15-8-4-5-9-17(15)18)14-7-3-2-6-13(14)12-19/h2-12H,1H3. The van der Waals surface area contributed by atoms with Crippen molar-refractivity contribution in [3.05, 3.63) is 66.2 Å². The Morgan fingerprint density at radius 3 is 2.25 bits per heavy atom. The zero-order valence-electron chi connectivity index (χ0n) is 11.2. The lowest BCUT2D eigenvalue weighted by Crippen LogP contribution is -1.90. The quantitative estimate of drug-likeness (QED) is 0.657. The number of methoxy groups -OCH3 is 1. The molecule has 0 saturated carbocycles. The molecular weight excluding hydrogens is 248 g/mol. The fraction of sp³-hybridized carbons (Fsp3) is 0.0556. The lowest BCUT2D eigenvalue weighted by molar-refractivity contribution is 0.112. The van der Waals surface area contributed by atoms with Crippen molar-refractivity contribution in [3.8, 4) is 16.9 Å². The van der Waals surface area contributed by atoms with Crippen molar-refractivity contribution < 1.29 is 9.53 Å². The average Bonchev–Trinajstić information content (AvgIpc) is 2.53. The van der Waals surface area contributed by atoms with Crippen molar-refractivity contribution in [3.63, 3.8) is 0 Å². The normalized spacial score (nSPS) is 10.4. The molecule has 0 amide bonds. The van der Waals surface area contributed by atoms with E-state index >= 15 is 0 Å². The third-order valence-electron chi connectivity index (χ3n) is 3.48. The van der Waals surface area contributed by atoms with E-state index < -0.39 is 0 Å². The van der Waals surface area contributed by atoms with Crippen LogP contribution in [0.25, 0.3) is 21.9 Å². The van der Waals surface area contributed by atoms with Crippen molar-refractivity contribution in [2.75, 3.05) is 7.11 Å². The van der Waals surface area contributed by atoms with E-state index in [0.29, 0.717) is 5.56 Å². The first-order chi connectivity index (χ1) is 9.85. The minimum Gasteiger partial charge on any atom is -0.496 e. The van der Waals surface area contributed by atoms with E-state index in [9.17, 15) is 4.79 Å². The second-order valence-electron chi connectivity index (χ2n) is 4.57. The molecule has 98 valence electrons. The highest BCUT2D eigenvalue weighted by Crippen LogP contribution is 2.35. The van der Waals surface area contributed by atoms with Crippen LogP contribution in [0.3, 0.4) is 0 Å². The first-order valence-corrected chi connectivity index (χ1v) is 6.45. The number of rotatable bonds is 3. The van der Waals surface area contributed by atoms with Crippen LogP contribution < -0.4 is 4.74 Å². The lowest BCUT2D eigenvalue weighted by Gasteiger charge is -2.12. The molecule has 0 N–H and O–H groups in total. The molecule has 2 nitrogen and oxygen atoms in total. The molecule has 0 aliphatic heterocycles. The second-order valence-corrected chi connectivity index (χ2v) is 4.57. The zero-order valence-corrected chi connectivity index (χ0v) is 11.2. The van der Waals surface area contributed by atoms with Crippen molar-refractivity contribution in [1.29, 1.82) is 0 Å². The third-order valence-corrected chi connectivity index (χ3v) is 3.48. The molecule has 3 aromatic carbocycles. The highest BCUT2D eigenvalue weighted by atomic mass is 16.5. The van der Waals surface area contributed by atoms with Gasteiger partial charge in [0, 0.05) is 10.9 Å². The van der Waals surface area contributed by atoms with Gasteiger partial charge in [-0.25, -0.2) is 0 Å². The fourth-order valence-electron chi connectivity index (χ4n) is 2.53. The van der Waals surface area contributed by atoms with Crippen LogP contribution in [-0.4, -0.2) is 13.4 Å². The monoisotopic (exact) mass is 262 g/mol. The molecule has 0 spiro atoms. The van der Waals surface area contributed by atoms with Crippen molar-refractivity contribution in [2.24, 2.45) is 0 Å². The molecule has 0 atom stereocenters. The molecule has 0 aromatic heterocycles. The van der Waals surface area contributed by atoms with E-state index in [2.05, 4.69) is 6.07 Å². The number of ether oxygens (including phenoxy) is 1. The van der Waals surface area contributed by atoms with Crippen molar-refractivity contribution >= 4 is 17.1 Å². The van der Waals surface area contributed by atoms with Gasteiger partial charge in [0.05, 0.1) is 7.11 Å². The summed E-state index contributed by atoms with van der Waals surface area (Å²) in [4.78, 5) is 11.2. The van der Waals surface area contributed by atoms with Gasteiger partial charge in [-0.05, 0) is 22.6 Å². The lowest BCUT2D eigenvalue weighted by atomic mass is 9.94. The molecule has 0 aliphatic carbocycles. The van der Waals surface area contributed by atoms with Crippen LogP contribution in [0.4, 0.5) is 0 Å². The predicted molar refractivity (Wildman–Crippen MR) is 81.3 cm³/mol. The van der Waals surface area contributed by atoms with Gasteiger partial charge in [-0.3, -0.25) is 4.79 Å².